The van der Waals surface area contributed by atoms with E-state index in [2.05, 4.69) is 15.9 Å². The number of benzene rings is 1. The van der Waals surface area contributed by atoms with Crippen molar-refractivity contribution in [2.75, 3.05) is 6.54 Å². The highest BCUT2D eigenvalue weighted by molar-refractivity contribution is 9.10. The van der Waals surface area contributed by atoms with Crippen LogP contribution in [0.3, 0.4) is 0 Å². The molecule has 2 atom stereocenters. The Morgan fingerprint density at radius 2 is 2.20 bits per heavy atom. The molecule has 0 saturated carbocycles. The van der Waals surface area contributed by atoms with Crippen LogP contribution in [0, 0.1) is 11.6 Å². The highest BCUT2D eigenvalue weighted by Gasteiger charge is 2.34. The van der Waals surface area contributed by atoms with Crippen molar-refractivity contribution >= 4 is 22.0 Å². The van der Waals surface area contributed by atoms with Crippen LogP contribution < -0.4 is 0 Å². The van der Waals surface area contributed by atoms with Crippen molar-refractivity contribution in [3.05, 3.63) is 33.8 Å². The van der Waals surface area contributed by atoms with Gasteiger partial charge in [0.05, 0.1) is 12.1 Å². The molecular weight excluding hydrogens is 336 g/mol. The van der Waals surface area contributed by atoms with Gasteiger partial charge in [-0.3, -0.25) is 0 Å². The molecule has 1 unspecified atom stereocenters. The van der Waals surface area contributed by atoms with Crippen LogP contribution in [0.5, 0.6) is 0 Å². The van der Waals surface area contributed by atoms with Crippen molar-refractivity contribution in [1.29, 1.82) is 0 Å². The fourth-order valence-electron chi connectivity index (χ4n) is 2.54. The largest absolute Gasteiger partial charge is 0.465 e. The molecule has 1 aromatic carbocycles. The minimum absolute atomic E-state index is 0.0683. The molecule has 7 heteroatoms. The summed E-state index contributed by atoms with van der Waals surface area (Å²) in [5, 5.41) is 19.2. The van der Waals surface area contributed by atoms with Crippen molar-refractivity contribution in [3.63, 3.8) is 0 Å². The lowest BCUT2D eigenvalue weighted by Crippen LogP contribution is -2.43. The topological polar surface area (TPSA) is 60.8 Å². The van der Waals surface area contributed by atoms with E-state index < -0.39 is 29.9 Å². The molecule has 110 valence electrons. The van der Waals surface area contributed by atoms with Gasteiger partial charge in [-0.1, -0.05) is 15.9 Å². The molecule has 1 heterocycles. The Labute approximate surface area is 123 Å². The number of likely N-dealkylation sites (tertiary alicyclic amines) is 1. The standard InChI is InChI=1S/C13H14BrF2NO3/c14-9-4-7(15)5-10(16)8(9)6-12(18)11-2-1-3-17(11)13(19)20/h4-5,11-12,18H,1-3,6H2,(H,19,20)/t11-,12?/m0/s1. The summed E-state index contributed by atoms with van der Waals surface area (Å²) in [5.41, 5.74) is 0.149. The lowest BCUT2D eigenvalue weighted by molar-refractivity contribution is 0.0675. The van der Waals surface area contributed by atoms with Crippen LogP contribution in [0.15, 0.2) is 16.6 Å². The Morgan fingerprint density at radius 3 is 2.80 bits per heavy atom. The summed E-state index contributed by atoms with van der Waals surface area (Å²) in [4.78, 5) is 12.2. The highest BCUT2D eigenvalue weighted by atomic mass is 79.9. The number of aliphatic hydroxyl groups is 1. The molecule has 1 amide bonds. The second-order valence-corrected chi connectivity index (χ2v) is 5.66. The monoisotopic (exact) mass is 349 g/mol. The molecular formula is C13H14BrF2NO3. The normalized spacial score (nSPS) is 20.2. The number of carboxylic acid groups (broad SMARTS) is 1. The van der Waals surface area contributed by atoms with Crippen molar-refractivity contribution in [2.45, 2.75) is 31.4 Å². The summed E-state index contributed by atoms with van der Waals surface area (Å²) in [6.07, 6.45) is -0.981. The van der Waals surface area contributed by atoms with E-state index in [0.29, 0.717) is 19.4 Å². The molecule has 0 bridgehead atoms. The third kappa shape index (κ3) is 3.09. The number of halogens is 3. The van der Waals surface area contributed by atoms with Gasteiger partial charge in [-0.2, -0.15) is 0 Å². The summed E-state index contributed by atoms with van der Waals surface area (Å²) in [6.45, 7) is 0.365. The molecule has 1 aliphatic rings. The molecule has 1 saturated heterocycles. The van der Waals surface area contributed by atoms with Gasteiger partial charge in [-0.05, 0) is 18.9 Å². The predicted molar refractivity (Wildman–Crippen MR) is 71.5 cm³/mol. The molecule has 2 N–H and O–H groups in total. The first kappa shape index (κ1) is 15.2. The van der Waals surface area contributed by atoms with Gasteiger partial charge >= 0.3 is 6.09 Å². The van der Waals surface area contributed by atoms with Crippen LogP contribution in [0.1, 0.15) is 18.4 Å². The fourth-order valence-corrected chi connectivity index (χ4v) is 3.11. The third-order valence-electron chi connectivity index (χ3n) is 3.51. The summed E-state index contributed by atoms with van der Waals surface area (Å²) < 4.78 is 26.9. The molecule has 0 radical (unpaired) electrons. The van der Waals surface area contributed by atoms with Gasteiger partial charge < -0.3 is 15.1 Å². The maximum absolute atomic E-state index is 13.7. The third-order valence-corrected chi connectivity index (χ3v) is 4.22. The number of amides is 1. The molecule has 0 aliphatic carbocycles. The van der Waals surface area contributed by atoms with Crippen molar-refractivity contribution in [2.24, 2.45) is 0 Å². The van der Waals surface area contributed by atoms with Gasteiger partial charge in [0.2, 0.25) is 0 Å². The van der Waals surface area contributed by atoms with Gasteiger partial charge in [-0.15, -0.1) is 0 Å². The molecule has 20 heavy (non-hydrogen) atoms. The summed E-state index contributed by atoms with van der Waals surface area (Å²) in [6, 6.07) is 1.31. The van der Waals surface area contributed by atoms with E-state index in [1.54, 1.807) is 0 Å². The molecule has 1 aromatic rings. The van der Waals surface area contributed by atoms with Crippen molar-refractivity contribution in [1.82, 2.24) is 4.90 Å². The number of nitrogens with zero attached hydrogens (tertiary/aromatic N) is 1. The van der Waals surface area contributed by atoms with Gasteiger partial charge in [0.1, 0.15) is 11.6 Å². The van der Waals surface area contributed by atoms with E-state index in [0.717, 1.165) is 12.1 Å². The zero-order valence-electron chi connectivity index (χ0n) is 10.5. The zero-order chi connectivity index (χ0) is 14.9. The second kappa shape index (κ2) is 6.05. The summed E-state index contributed by atoms with van der Waals surface area (Å²) in [5.74, 6) is -1.46. The first-order chi connectivity index (χ1) is 9.40. The number of hydrogen-bond acceptors (Lipinski definition) is 2. The molecule has 1 fully saturated rings. The van der Waals surface area contributed by atoms with E-state index in [-0.39, 0.29) is 16.5 Å². The number of aliphatic hydroxyl groups excluding tert-OH is 1. The Morgan fingerprint density at radius 1 is 1.50 bits per heavy atom. The summed E-state index contributed by atoms with van der Waals surface area (Å²) in [7, 11) is 0. The minimum Gasteiger partial charge on any atom is -0.465 e. The lowest BCUT2D eigenvalue weighted by atomic mass is 10.00. The Kier molecular flexibility index (Phi) is 4.59. The molecule has 4 nitrogen and oxygen atoms in total. The molecule has 2 rings (SSSR count). The maximum Gasteiger partial charge on any atom is 0.407 e. The van der Waals surface area contributed by atoms with E-state index >= 15 is 0 Å². The Hall–Kier alpha value is -1.21. The second-order valence-electron chi connectivity index (χ2n) is 4.81. The van der Waals surface area contributed by atoms with Gasteiger partial charge in [-0.25, -0.2) is 13.6 Å². The quantitative estimate of drug-likeness (QED) is 0.881. The lowest BCUT2D eigenvalue weighted by Gasteiger charge is -2.26. The molecule has 1 aliphatic heterocycles. The first-order valence-corrected chi connectivity index (χ1v) is 7.00. The zero-order valence-corrected chi connectivity index (χ0v) is 12.1. The molecule has 0 aromatic heterocycles. The van der Waals surface area contributed by atoms with Gasteiger partial charge in [0, 0.05) is 29.1 Å². The first-order valence-electron chi connectivity index (χ1n) is 6.21. The van der Waals surface area contributed by atoms with Crippen LogP contribution in [0.2, 0.25) is 0 Å². The Bertz CT molecular complexity index is 503. The van der Waals surface area contributed by atoms with Crippen LogP contribution in [0.4, 0.5) is 13.6 Å². The van der Waals surface area contributed by atoms with Crippen LogP contribution in [0.25, 0.3) is 0 Å². The maximum atomic E-state index is 13.7. The van der Waals surface area contributed by atoms with Gasteiger partial charge in [0.15, 0.2) is 0 Å². The fraction of sp³-hybridized carbons (Fsp3) is 0.462. The average molecular weight is 350 g/mol. The SMILES string of the molecule is O=C(O)N1CCC[C@H]1C(O)Cc1c(F)cc(F)cc1Br. The average Bonchev–Trinajstić information content (AvgIpc) is 2.82. The smallest absolute Gasteiger partial charge is 0.407 e. The van der Waals surface area contributed by atoms with E-state index in [1.165, 1.54) is 4.90 Å². The van der Waals surface area contributed by atoms with Crippen molar-refractivity contribution < 1.29 is 23.8 Å². The minimum atomic E-state index is -1.09. The van der Waals surface area contributed by atoms with E-state index in [9.17, 15) is 18.7 Å². The van der Waals surface area contributed by atoms with Crippen LogP contribution in [-0.4, -0.2) is 39.9 Å². The van der Waals surface area contributed by atoms with E-state index in [1.807, 2.05) is 0 Å². The van der Waals surface area contributed by atoms with Crippen LogP contribution >= 0.6 is 15.9 Å². The highest BCUT2D eigenvalue weighted by Crippen LogP contribution is 2.27. The molecule has 0 spiro atoms. The predicted octanol–water partition coefficient (Wildman–Crippen LogP) is 2.77. The summed E-state index contributed by atoms with van der Waals surface area (Å²) >= 11 is 3.06. The number of carbonyl (C=O) groups is 1. The number of rotatable bonds is 3. The van der Waals surface area contributed by atoms with Crippen molar-refractivity contribution in [3.8, 4) is 0 Å². The van der Waals surface area contributed by atoms with Crippen LogP contribution in [-0.2, 0) is 6.42 Å². The number of hydrogen-bond donors (Lipinski definition) is 2. The van der Waals surface area contributed by atoms with Gasteiger partial charge in [0.25, 0.3) is 0 Å². The Balaban J connectivity index is 2.16. The van der Waals surface area contributed by atoms with E-state index in [4.69, 9.17) is 5.11 Å².